The first-order chi connectivity index (χ1) is 27.4. The van der Waals surface area contributed by atoms with Gasteiger partial charge in [0.1, 0.15) is 17.7 Å². The van der Waals surface area contributed by atoms with Gasteiger partial charge in [-0.25, -0.2) is 9.59 Å². The predicted octanol–water partition coefficient (Wildman–Crippen LogP) is 4.57. The van der Waals surface area contributed by atoms with E-state index in [1.807, 2.05) is 0 Å². The van der Waals surface area contributed by atoms with E-state index >= 15 is 0 Å². The number of nitrogens with two attached hydrogens (primary N) is 1. The van der Waals surface area contributed by atoms with Crippen molar-refractivity contribution in [2.24, 2.45) is 53.1 Å². The van der Waals surface area contributed by atoms with Crippen molar-refractivity contribution < 1.29 is 50.6 Å². The Morgan fingerprint density at radius 2 is 0.950 bits per heavy atom. The van der Waals surface area contributed by atoms with E-state index in [1.165, 1.54) is 57.8 Å². The van der Waals surface area contributed by atoms with Crippen LogP contribution < -0.4 is 11.1 Å². The van der Waals surface area contributed by atoms with Crippen molar-refractivity contribution in [3.05, 3.63) is 0 Å². The lowest BCUT2D eigenvalue weighted by molar-refractivity contribution is -0.137. The summed E-state index contributed by atoms with van der Waals surface area (Å²) < 4.78 is 63.3. The number of halogens is 1. The highest BCUT2D eigenvalue weighted by molar-refractivity contribution is 7.87. The van der Waals surface area contributed by atoms with Gasteiger partial charge in [-0.15, -0.1) is 12.4 Å². The Hall–Kier alpha value is -2.45. The van der Waals surface area contributed by atoms with Crippen molar-refractivity contribution in [3.8, 4) is 0 Å². The van der Waals surface area contributed by atoms with Gasteiger partial charge < -0.3 is 25.6 Å². The van der Waals surface area contributed by atoms with Crippen LogP contribution in [-0.4, -0.2) is 126 Å². The first-order valence-electron chi connectivity index (χ1n) is 21.7. The summed E-state index contributed by atoms with van der Waals surface area (Å²) >= 11 is 0. The Labute approximate surface area is 362 Å². The van der Waals surface area contributed by atoms with Crippen LogP contribution in [0.5, 0.6) is 0 Å². The second kappa shape index (κ2) is 18.7. The van der Waals surface area contributed by atoms with Crippen LogP contribution in [0.4, 0.5) is 9.59 Å². The molecule has 20 heteroatoms. The van der Waals surface area contributed by atoms with Crippen LogP contribution in [-0.2, 0) is 39.5 Å². The van der Waals surface area contributed by atoms with Crippen LogP contribution in [0.25, 0.3) is 0 Å². The van der Waals surface area contributed by atoms with Crippen LogP contribution in [0.2, 0.25) is 0 Å². The summed E-state index contributed by atoms with van der Waals surface area (Å²) in [5, 5.41) is 11.8. The number of ether oxygens (including phenoxy) is 2. The molecule has 0 radical (unpaired) electrons. The maximum Gasteiger partial charge on any atom is 0.425 e. The molecule has 4 N–H and O–H groups in total. The highest BCUT2D eigenvalue weighted by Gasteiger charge is 2.50. The molecule has 3 amide bonds. The molecule has 0 aromatic carbocycles. The SMILES string of the molecule is CC(C)(C)OC(=O)N1CCCN(CC(=O)NC2C3CC4CC(C3)CC2C4)S1(=O)=O.CC(C)(C)OC(=O)N1CCCN(CC(=O)O)S1(=O)=O.Cl.NC1C2CC3CC(C2)CC1C3. The minimum atomic E-state index is -4.12. The highest BCUT2D eigenvalue weighted by Crippen LogP contribution is 2.54. The summed E-state index contributed by atoms with van der Waals surface area (Å²) in [5.74, 6) is 5.17. The van der Waals surface area contributed by atoms with Crippen molar-refractivity contribution in [3.63, 3.8) is 0 Å². The van der Waals surface area contributed by atoms with Crippen molar-refractivity contribution in [1.29, 1.82) is 0 Å². The number of carboxylic acid groups (broad SMARTS) is 1. The fourth-order valence-corrected chi connectivity index (χ4v) is 14.5. The molecular formula is C40H69ClN6O11S2. The monoisotopic (exact) mass is 908 g/mol. The molecule has 17 nitrogen and oxygen atoms in total. The number of rotatable bonds is 5. The van der Waals surface area contributed by atoms with E-state index in [9.17, 15) is 36.0 Å². The minimum absolute atomic E-state index is 0. The molecular weight excluding hydrogens is 840 g/mol. The summed E-state index contributed by atoms with van der Waals surface area (Å²) in [4.78, 5) is 47.5. The number of hydrogen-bond donors (Lipinski definition) is 3. The topological polar surface area (TPSA) is 226 Å². The van der Waals surface area contributed by atoms with Crippen molar-refractivity contribution in [1.82, 2.24) is 22.5 Å². The normalized spacial score (nSPS) is 34.9. The average molecular weight is 910 g/mol. The summed E-state index contributed by atoms with van der Waals surface area (Å²) in [6.45, 7) is 9.41. The second-order valence-corrected chi connectivity index (χ2v) is 24.1. The molecule has 8 saturated carbocycles. The molecule has 344 valence electrons. The predicted molar refractivity (Wildman–Crippen MR) is 225 cm³/mol. The van der Waals surface area contributed by atoms with Gasteiger partial charge in [0.15, 0.2) is 0 Å². The number of nitrogens with zero attached hydrogens (tertiary/aromatic N) is 4. The second-order valence-electron chi connectivity index (χ2n) is 20.4. The third-order valence-corrected chi connectivity index (χ3v) is 17.1. The lowest BCUT2D eigenvalue weighted by Gasteiger charge is -2.54. The molecule has 10 rings (SSSR count). The van der Waals surface area contributed by atoms with Crippen LogP contribution in [0.1, 0.15) is 119 Å². The van der Waals surface area contributed by atoms with E-state index in [4.69, 9.17) is 20.3 Å². The van der Waals surface area contributed by atoms with E-state index in [0.29, 0.717) is 35.0 Å². The number of carboxylic acids is 1. The number of nitrogens with one attached hydrogen (secondary N) is 1. The van der Waals surface area contributed by atoms with E-state index in [0.717, 1.165) is 48.4 Å². The van der Waals surface area contributed by atoms with Crippen molar-refractivity contribution >= 4 is 56.9 Å². The Bertz CT molecular complexity index is 1750. The number of amides is 3. The number of hydrogen-bond acceptors (Lipinski definition) is 11. The molecule has 8 aliphatic carbocycles. The summed E-state index contributed by atoms with van der Waals surface area (Å²) in [7, 11) is -8.18. The zero-order valence-corrected chi connectivity index (χ0v) is 38.6. The van der Waals surface area contributed by atoms with Gasteiger partial charge in [0.05, 0.1) is 6.54 Å². The fourth-order valence-electron chi connectivity index (χ4n) is 11.5. The maximum absolute atomic E-state index is 12.9. The van der Waals surface area contributed by atoms with E-state index in [2.05, 4.69) is 5.32 Å². The molecule has 0 atom stereocenters. The molecule has 10 aliphatic rings. The van der Waals surface area contributed by atoms with Crippen LogP contribution in [0, 0.1) is 47.3 Å². The minimum Gasteiger partial charge on any atom is -0.480 e. The number of aliphatic carboxylic acids is 1. The molecule has 2 saturated heterocycles. The zero-order valence-electron chi connectivity index (χ0n) is 36.1. The Morgan fingerprint density at radius 1 is 0.600 bits per heavy atom. The van der Waals surface area contributed by atoms with Gasteiger partial charge in [-0.1, -0.05) is 0 Å². The molecule has 2 aliphatic heterocycles. The van der Waals surface area contributed by atoms with Crippen LogP contribution in [0.15, 0.2) is 0 Å². The molecule has 0 aromatic rings. The molecule has 8 bridgehead atoms. The lowest BCUT2D eigenvalue weighted by atomic mass is 9.54. The number of carbonyl (C=O) groups is 4. The zero-order chi connectivity index (χ0) is 43.2. The first-order valence-corrected chi connectivity index (χ1v) is 24.5. The fraction of sp³-hybridized carbons (Fsp3) is 0.900. The summed E-state index contributed by atoms with van der Waals surface area (Å²) in [6, 6.07) is 0.757. The van der Waals surface area contributed by atoms with Gasteiger partial charge in [0.25, 0.3) is 0 Å². The maximum atomic E-state index is 12.9. The molecule has 10 fully saturated rings. The molecule has 2 heterocycles. The molecule has 60 heavy (non-hydrogen) atoms. The van der Waals surface area contributed by atoms with E-state index in [1.54, 1.807) is 48.0 Å². The average Bonchev–Trinajstić information content (AvgIpc) is 3.08. The van der Waals surface area contributed by atoms with Crippen LogP contribution >= 0.6 is 12.4 Å². The quantitative estimate of drug-likeness (QED) is 0.345. The summed E-state index contributed by atoms with van der Waals surface area (Å²) in [5.41, 5.74) is 4.56. The third-order valence-electron chi connectivity index (χ3n) is 13.4. The number of carbonyl (C=O) groups excluding carboxylic acids is 3. The standard InChI is InChI=1S/C20H33N3O5S.C10H18N2O6S.C10H17N.ClH/c1-20(2,3)28-19(25)23-6-4-5-22(29(23,26)27)12-17(24)21-18-15-8-13-7-14(10-15)11-16(18)9-13;1-10(2,3)18-9(15)12-6-4-5-11(7-8(13)14)19(12,16)17;11-10-8-2-6-1-7(4-8)5-9(10)3-6;/h13-16,18H,4-12H2,1-3H3,(H,21,24);4-7H2,1-3H3,(H,13,14);6-10H,1-5,11H2;1H. The van der Waals surface area contributed by atoms with E-state index < -0.39 is 56.3 Å². The van der Waals surface area contributed by atoms with Gasteiger partial charge in [0.2, 0.25) is 5.91 Å². The highest BCUT2D eigenvalue weighted by atomic mass is 35.5. The van der Waals surface area contributed by atoms with Gasteiger partial charge in [-0.2, -0.15) is 34.1 Å². The third kappa shape index (κ3) is 11.6. The van der Waals surface area contributed by atoms with Crippen molar-refractivity contribution in [2.75, 3.05) is 39.3 Å². The Kier molecular flexibility index (Phi) is 15.2. The first kappa shape index (κ1) is 48.6. The Morgan fingerprint density at radius 3 is 1.30 bits per heavy atom. The lowest BCUT2D eigenvalue weighted by Crippen LogP contribution is -2.59. The van der Waals surface area contributed by atoms with Gasteiger partial charge in [-0.3, -0.25) is 9.59 Å². The largest absolute Gasteiger partial charge is 0.480 e. The Balaban J connectivity index is 0.000000188. The van der Waals surface area contributed by atoms with E-state index in [-0.39, 0.29) is 57.1 Å². The molecule has 0 spiro atoms. The van der Waals surface area contributed by atoms with Gasteiger partial charge >= 0.3 is 38.6 Å². The summed E-state index contributed by atoms with van der Waals surface area (Å²) in [6.07, 6.45) is 12.5. The van der Waals surface area contributed by atoms with Gasteiger partial charge in [-0.05, 0) is 166 Å². The molecule has 0 aromatic heterocycles. The van der Waals surface area contributed by atoms with Crippen molar-refractivity contribution in [2.45, 2.75) is 142 Å². The molecule has 0 unspecified atom stereocenters. The van der Waals surface area contributed by atoms with Crippen LogP contribution in [0.3, 0.4) is 0 Å². The smallest absolute Gasteiger partial charge is 0.425 e. The van der Waals surface area contributed by atoms with Gasteiger partial charge in [0, 0.05) is 38.3 Å².